The number of rotatable bonds is 7. The molecule has 0 radical (unpaired) electrons. The minimum absolute atomic E-state index is 0.0830. The highest BCUT2D eigenvalue weighted by molar-refractivity contribution is 4.93. The Kier molecular flexibility index (Phi) is 5.42. The van der Waals surface area contributed by atoms with E-state index in [4.69, 9.17) is 15.0 Å². The van der Waals surface area contributed by atoms with Crippen LogP contribution in [0, 0.1) is 5.92 Å². The first-order chi connectivity index (χ1) is 7.69. The molecule has 0 saturated carbocycles. The molecule has 1 aromatic heterocycles. The summed E-state index contributed by atoms with van der Waals surface area (Å²) in [6.45, 7) is 7.41. The molecule has 1 rings (SSSR count). The molecular formula is C11H21N3O2. The molecule has 5 heteroatoms. The van der Waals surface area contributed by atoms with Crippen LogP contribution in [0.4, 0.5) is 0 Å². The number of nitrogens with two attached hydrogens (primary N) is 1. The van der Waals surface area contributed by atoms with Gasteiger partial charge in [0.15, 0.2) is 0 Å². The van der Waals surface area contributed by atoms with Crippen LogP contribution in [0.15, 0.2) is 4.52 Å². The van der Waals surface area contributed by atoms with Crippen molar-refractivity contribution >= 4 is 0 Å². The molecule has 0 fully saturated rings. The Balaban J connectivity index is 2.65. The van der Waals surface area contributed by atoms with Gasteiger partial charge in [-0.25, -0.2) is 0 Å². The smallest absolute Gasteiger partial charge is 0.226 e. The monoisotopic (exact) mass is 227 g/mol. The van der Waals surface area contributed by atoms with Gasteiger partial charge in [-0.15, -0.1) is 0 Å². The Hall–Kier alpha value is -0.940. The van der Waals surface area contributed by atoms with Crippen molar-refractivity contribution in [3.8, 4) is 0 Å². The van der Waals surface area contributed by atoms with Crippen molar-refractivity contribution in [2.24, 2.45) is 11.7 Å². The number of ether oxygens (including phenoxy) is 1. The second-order valence-corrected chi connectivity index (χ2v) is 4.06. The van der Waals surface area contributed by atoms with E-state index in [9.17, 15) is 0 Å². The highest BCUT2D eigenvalue weighted by atomic mass is 16.5. The second kappa shape index (κ2) is 6.60. The topological polar surface area (TPSA) is 74.2 Å². The van der Waals surface area contributed by atoms with Crippen LogP contribution in [0.5, 0.6) is 0 Å². The van der Waals surface area contributed by atoms with Gasteiger partial charge >= 0.3 is 0 Å². The summed E-state index contributed by atoms with van der Waals surface area (Å²) < 4.78 is 10.7. The van der Waals surface area contributed by atoms with Crippen molar-refractivity contribution < 1.29 is 9.26 Å². The second-order valence-electron chi connectivity index (χ2n) is 4.06. The van der Waals surface area contributed by atoms with Gasteiger partial charge in [0.2, 0.25) is 11.7 Å². The molecule has 0 amide bonds. The Morgan fingerprint density at radius 3 is 2.75 bits per heavy atom. The predicted molar refractivity (Wildman–Crippen MR) is 60.9 cm³/mol. The molecule has 0 aliphatic heterocycles. The van der Waals surface area contributed by atoms with E-state index in [1.54, 1.807) is 0 Å². The lowest BCUT2D eigenvalue weighted by atomic mass is 10.1. The van der Waals surface area contributed by atoms with Crippen molar-refractivity contribution in [3.05, 3.63) is 11.7 Å². The molecule has 1 heterocycles. The third-order valence-corrected chi connectivity index (χ3v) is 2.28. The Bertz CT molecular complexity index is 299. The van der Waals surface area contributed by atoms with Crippen molar-refractivity contribution in [3.63, 3.8) is 0 Å². The molecular weight excluding hydrogens is 206 g/mol. The normalized spacial score (nSPS) is 13.3. The van der Waals surface area contributed by atoms with Gasteiger partial charge in [-0.05, 0) is 25.8 Å². The fraction of sp³-hybridized carbons (Fsp3) is 0.818. The minimum atomic E-state index is -0.0830. The first-order valence-electron chi connectivity index (χ1n) is 5.83. The molecule has 1 atom stereocenters. The molecule has 1 unspecified atom stereocenters. The van der Waals surface area contributed by atoms with Crippen LogP contribution < -0.4 is 5.73 Å². The maximum absolute atomic E-state index is 5.60. The van der Waals surface area contributed by atoms with Crippen molar-refractivity contribution in [2.45, 2.75) is 39.7 Å². The van der Waals surface area contributed by atoms with Gasteiger partial charge in [-0.1, -0.05) is 19.0 Å². The number of nitrogens with zero attached hydrogens (tertiary/aromatic N) is 2. The summed E-state index contributed by atoms with van der Waals surface area (Å²) in [6, 6.07) is 0. The number of hydrogen-bond acceptors (Lipinski definition) is 5. The molecule has 92 valence electrons. The third kappa shape index (κ3) is 3.57. The molecule has 0 bridgehead atoms. The molecule has 0 aliphatic carbocycles. The molecule has 5 nitrogen and oxygen atoms in total. The van der Waals surface area contributed by atoms with Crippen LogP contribution in [-0.2, 0) is 11.2 Å². The molecule has 1 aromatic rings. The molecule has 0 aliphatic rings. The van der Waals surface area contributed by atoms with Gasteiger partial charge in [-0.3, -0.25) is 0 Å². The summed E-state index contributed by atoms with van der Waals surface area (Å²) in [6.07, 6.45) is 1.52. The van der Waals surface area contributed by atoms with E-state index in [1.807, 2.05) is 6.92 Å². The van der Waals surface area contributed by atoms with E-state index in [-0.39, 0.29) is 6.10 Å². The first kappa shape index (κ1) is 13.1. The third-order valence-electron chi connectivity index (χ3n) is 2.28. The number of aryl methyl sites for hydroxylation is 1. The zero-order valence-electron chi connectivity index (χ0n) is 10.3. The lowest BCUT2D eigenvalue weighted by Gasteiger charge is -2.16. The van der Waals surface area contributed by atoms with Gasteiger partial charge in [-0.2, -0.15) is 4.98 Å². The standard InChI is InChI=1S/C11H21N3O2/c1-4-15-10(8(2)3)11-13-9(16-14-11)6-5-7-12/h8,10H,4-7,12H2,1-3H3. The van der Waals surface area contributed by atoms with E-state index < -0.39 is 0 Å². The lowest BCUT2D eigenvalue weighted by molar-refractivity contribution is 0.0217. The maximum atomic E-state index is 5.60. The maximum Gasteiger partial charge on any atom is 0.226 e. The molecule has 16 heavy (non-hydrogen) atoms. The quantitative estimate of drug-likeness (QED) is 0.767. The van der Waals surface area contributed by atoms with Gasteiger partial charge in [0.05, 0.1) is 0 Å². The predicted octanol–water partition coefficient (Wildman–Crippen LogP) is 1.69. The van der Waals surface area contributed by atoms with Crippen LogP contribution in [-0.4, -0.2) is 23.3 Å². The Morgan fingerprint density at radius 1 is 1.44 bits per heavy atom. The zero-order valence-corrected chi connectivity index (χ0v) is 10.3. The summed E-state index contributed by atoms with van der Waals surface area (Å²) in [5.74, 6) is 1.62. The Morgan fingerprint density at radius 2 is 2.19 bits per heavy atom. The van der Waals surface area contributed by atoms with Gasteiger partial charge < -0.3 is 15.0 Å². The van der Waals surface area contributed by atoms with Crippen molar-refractivity contribution in [1.29, 1.82) is 0 Å². The summed E-state index contributed by atoms with van der Waals surface area (Å²) >= 11 is 0. The highest BCUT2D eigenvalue weighted by Crippen LogP contribution is 2.23. The summed E-state index contributed by atoms with van der Waals surface area (Å²) in [5, 5.41) is 3.96. The van der Waals surface area contributed by atoms with Crippen LogP contribution in [0.25, 0.3) is 0 Å². The average Bonchev–Trinajstić information content (AvgIpc) is 2.70. The van der Waals surface area contributed by atoms with Crippen LogP contribution in [0.1, 0.15) is 45.0 Å². The summed E-state index contributed by atoms with van der Waals surface area (Å²) in [5.41, 5.74) is 5.42. The molecule has 0 spiro atoms. The summed E-state index contributed by atoms with van der Waals surface area (Å²) in [4.78, 5) is 4.33. The van der Waals surface area contributed by atoms with Crippen molar-refractivity contribution in [1.82, 2.24) is 10.1 Å². The van der Waals surface area contributed by atoms with Crippen LogP contribution in [0.2, 0.25) is 0 Å². The van der Waals surface area contributed by atoms with Gasteiger partial charge in [0.25, 0.3) is 0 Å². The fourth-order valence-electron chi connectivity index (χ4n) is 1.48. The van der Waals surface area contributed by atoms with E-state index >= 15 is 0 Å². The lowest BCUT2D eigenvalue weighted by Crippen LogP contribution is -2.12. The number of aromatic nitrogens is 2. The van der Waals surface area contributed by atoms with Crippen molar-refractivity contribution in [2.75, 3.05) is 13.2 Å². The molecule has 0 aromatic carbocycles. The zero-order chi connectivity index (χ0) is 12.0. The Labute approximate surface area is 96.4 Å². The molecule has 0 saturated heterocycles. The highest BCUT2D eigenvalue weighted by Gasteiger charge is 2.21. The van der Waals surface area contributed by atoms with E-state index in [0.29, 0.717) is 30.8 Å². The first-order valence-corrected chi connectivity index (χ1v) is 5.83. The largest absolute Gasteiger partial charge is 0.370 e. The minimum Gasteiger partial charge on any atom is -0.370 e. The van der Waals surface area contributed by atoms with E-state index in [0.717, 1.165) is 12.8 Å². The summed E-state index contributed by atoms with van der Waals surface area (Å²) in [7, 11) is 0. The van der Waals surface area contributed by atoms with Crippen LogP contribution in [0.3, 0.4) is 0 Å². The average molecular weight is 227 g/mol. The van der Waals surface area contributed by atoms with Crippen LogP contribution >= 0.6 is 0 Å². The van der Waals surface area contributed by atoms with Gasteiger partial charge in [0.1, 0.15) is 6.10 Å². The van der Waals surface area contributed by atoms with E-state index in [2.05, 4.69) is 24.0 Å². The van der Waals surface area contributed by atoms with E-state index in [1.165, 1.54) is 0 Å². The van der Waals surface area contributed by atoms with Gasteiger partial charge in [0, 0.05) is 13.0 Å². The number of hydrogen-bond donors (Lipinski definition) is 1. The fourth-order valence-corrected chi connectivity index (χ4v) is 1.48. The SMILES string of the molecule is CCOC(c1noc(CCCN)n1)C(C)C. The molecule has 2 N–H and O–H groups in total.